The van der Waals surface area contributed by atoms with E-state index < -0.39 is 0 Å². The second-order valence-corrected chi connectivity index (χ2v) is 12.5. The first-order valence-electron chi connectivity index (χ1n) is 18.9. The van der Waals surface area contributed by atoms with Gasteiger partial charge in [0, 0.05) is 25.5 Å². The molecule has 0 aliphatic rings. The van der Waals surface area contributed by atoms with E-state index in [4.69, 9.17) is 9.47 Å². The normalized spacial score (nSPS) is 13.1. The molecule has 6 heteroatoms. The number of aliphatic imine (C=N–C) groups is 2. The zero-order valence-electron chi connectivity index (χ0n) is 29.6. The fourth-order valence-electron chi connectivity index (χ4n) is 5.52. The number of rotatable bonds is 33. The fraction of sp³-hybridized carbons (Fsp3) is 0.895. The van der Waals surface area contributed by atoms with Crippen molar-refractivity contribution >= 4 is 24.4 Å². The third-order valence-electron chi connectivity index (χ3n) is 8.31. The second-order valence-electron chi connectivity index (χ2n) is 12.5. The number of carbonyl (C=O) groups excluding carboxylic acids is 2. The summed E-state index contributed by atoms with van der Waals surface area (Å²) in [6, 6.07) is 0. The van der Waals surface area contributed by atoms with Crippen molar-refractivity contribution in [2.75, 3.05) is 26.3 Å². The first kappa shape index (κ1) is 42.3. The molecule has 0 fully saturated rings. The summed E-state index contributed by atoms with van der Waals surface area (Å²) < 4.78 is 10.6. The lowest BCUT2D eigenvalue weighted by Crippen LogP contribution is -2.19. The molecule has 0 radical (unpaired) electrons. The van der Waals surface area contributed by atoms with Gasteiger partial charge in [-0.05, 0) is 39.5 Å². The van der Waals surface area contributed by atoms with Gasteiger partial charge >= 0.3 is 11.9 Å². The quantitative estimate of drug-likeness (QED) is 0.0415. The van der Waals surface area contributed by atoms with Crippen LogP contribution in [0.4, 0.5) is 0 Å². The van der Waals surface area contributed by atoms with Crippen molar-refractivity contribution in [3.05, 3.63) is 0 Å². The molecule has 0 aliphatic carbocycles. The Balaban J connectivity index is 4.06. The van der Waals surface area contributed by atoms with Crippen molar-refractivity contribution < 1.29 is 19.1 Å². The molecule has 6 nitrogen and oxygen atoms in total. The van der Waals surface area contributed by atoms with Crippen LogP contribution >= 0.6 is 0 Å². The molecule has 0 aromatic carbocycles. The average Bonchev–Trinajstić information content (AvgIpc) is 3.02. The lowest BCUT2D eigenvalue weighted by molar-refractivity contribution is -0.146. The summed E-state index contributed by atoms with van der Waals surface area (Å²) in [6.45, 7) is 10.7. The molecule has 0 rings (SSSR count). The maximum absolute atomic E-state index is 12.4. The van der Waals surface area contributed by atoms with Crippen LogP contribution in [0.3, 0.4) is 0 Å². The SMILES string of the molecule is CCCCCCCCCCC(C=NCCCCCCCCN=CC(CCCCCCCCCC)C(=O)OCC)C(=O)OCC. The van der Waals surface area contributed by atoms with Gasteiger partial charge in [-0.1, -0.05) is 142 Å². The van der Waals surface area contributed by atoms with Crippen LogP contribution in [0.15, 0.2) is 9.98 Å². The van der Waals surface area contributed by atoms with Gasteiger partial charge in [-0.15, -0.1) is 0 Å². The standard InChI is InChI=1S/C38H72N2O4/c1-5-9-11-13-15-17-21-25-29-35(37(41)43-7-3)33-39-31-27-23-19-20-24-28-32-40-34-36(38(42)44-8-4)30-26-22-18-16-14-12-10-6-2/h33-36H,5-32H2,1-4H3. The Morgan fingerprint density at radius 1 is 0.455 bits per heavy atom. The minimum absolute atomic E-state index is 0.122. The summed E-state index contributed by atoms with van der Waals surface area (Å²) in [5.41, 5.74) is 0. The second kappa shape index (κ2) is 34.2. The molecular formula is C38H72N2O4. The summed E-state index contributed by atoms with van der Waals surface area (Å²) in [6.07, 6.45) is 32.5. The molecule has 0 amide bonds. The van der Waals surface area contributed by atoms with E-state index in [1.165, 1.54) is 103 Å². The molecule has 0 aromatic heterocycles. The molecule has 44 heavy (non-hydrogen) atoms. The van der Waals surface area contributed by atoms with E-state index in [2.05, 4.69) is 23.8 Å². The predicted molar refractivity (Wildman–Crippen MR) is 189 cm³/mol. The van der Waals surface area contributed by atoms with Crippen LogP contribution in [-0.4, -0.2) is 50.7 Å². The van der Waals surface area contributed by atoms with Gasteiger partial charge in [0.05, 0.1) is 25.0 Å². The van der Waals surface area contributed by atoms with Gasteiger partial charge in [-0.3, -0.25) is 19.6 Å². The van der Waals surface area contributed by atoms with Crippen LogP contribution in [0.5, 0.6) is 0 Å². The van der Waals surface area contributed by atoms with Crippen molar-refractivity contribution in [3.63, 3.8) is 0 Å². The van der Waals surface area contributed by atoms with Crippen LogP contribution in [0.25, 0.3) is 0 Å². The molecule has 0 heterocycles. The van der Waals surface area contributed by atoms with Crippen molar-refractivity contribution in [1.29, 1.82) is 0 Å². The number of hydrogen-bond acceptors (Lipinski definition) is 6. The van der Waals surface area contributed by atoms with E-state index in [-0.39, 0.29) is 23.8 Å². The Hall–Kier alpha value is -1.72. The Morgan fingerprint density at radius 2 is 0.750 bits per heavy atom. The van der Waals surface area contributed by atoms with Crippen LogP contribution in [-0.2, 0) is 19.1 Å². The zero-order valence-corrected chi connectivity index (χ0v) is 29.6. The van der Waals surface area contributed by atoms with E-state index in [1.807, 2.05) is 26.3 Å². The highest BCUT2D eigenvalue weighted by atomic mass is 16.5. The molecule has 0 aliphatic heterocycles. The highest BCUT2D eigenvalue weighted by Crippen LogP contribution is 2.16. The number of unbranched alkanes of at least 4 members (excludes halogenated alkanes) is 19. The lowest BCUT2D eigenvalue weighted by atomic mass is 10.0. The van der Waals surface area contributed by atoms with E-state index in [1.54, 1.807) is 0 Å². The Morgan fingerprint density at radius 3 is 1.07 bits per heavy atom. The van der Waals surface area contributed by atoms with Gasteiger partial charge in [0.2, 0.25) is 0 Å². The summed E-state index contributed by atoms with van der Waals surface area (Å²) in [4.78, 5) is 33.9. The molecule has 258 valence electrons. The first-order chi connectivity index (χ1) is 21.6. The number of hydrogen-bond donors (Lipinski definition) is 0. The van der Waals surface area contributed by atoms with Gasteiger partial charge < -0.3 is 9.47 Å². The third kappa shape index (κ3) is 27.8. The smallest absolute Gasteiger partial charge is 0.314 e. The lowest BCUT2D eigenvalue weighted by Gasteiger charge is -2.11. The number of ether oxygens (including phenoxy) is 2. The molecular weight excluding hydrogens is 548 g/mol. The predicted octanol–water partition coefficient (Wildman–Crippen LogP) is 10.9. The number of esters is 2. The Bertz CT molecular complexity index is 636. The Labute approximate surface area is 273 Å². The van der Waals surface area contributed by atoms with E-state index in [0.29, 0.717) is 13.2 Å². The molecule has 0 aromatic rings. The van der Waals surface area contributed by atoms with Crippen molar-refractivity contribution in [2.45, 2.75) is 182 Å². The summed E-state index contributed by atoms with van der Waals surface area (Å²) >= 11 is 0. The van der Waals surface area contributed by atoms with Gasteiger partial charge in [-0.25, -0.2) is 0 Å². The monoisotopic (exact) mass is 621 g/mol. The average molecular weight is 621 g/mol. The van der Waals surface area contributed by atoms with Crippen LogP contribution in [0, 0.1) is 11.8 Å². The van der Waals surface area contributed by atoms with Crippen molar-refractivity contribution in [1.82, 2.24) is 0 Å². The van der Waals surface area contributed by atoms with E-state index in [0.717, 1.165) is 64.5 Å². The molecule has 0 spiro atoms. The van der Waals surface area contributed by atoms with Crippen LogP contribution in [0.2, 0.25) is 0 Å². The maximum Gasteiger partial charge on any atom is 0.314 e. The zero-order chi connectivity index (χ0) is 32.4. The van der Waals surface area contributed by atoms with E-state index in [9.17, 15) is 9.59 Å². The highest BCUT2D eigenvalue weighted by molar-refractivity contribution is 5.90. The summed E-state index contributed by atoms with van der Waals surface area (Å²) in [7, 11) is 0. The topological polar surface area (TPSA) is 77.3 Å². The largest absolute Gasteiger partial charge is 0.465 e. The summed E-state index contributed by atoms with van der Waals surface area (Å²) in [5.74, 6) is -0.633. The highest BCUT2D eigenvalue weighted by Gasteiger charge is 2.18. The van der Waals surface area contributed by atoms with Gasteiger partial charge in [0.25, 0.3) is 0 Å². The van der Waals surface area contributed by atoms with Crippen molar-refractivity contribution in [2.24, 2.45) is 21.8 Å². The molecule has 0 bridgehead atoms. The molecule has 2 atom stereocenters. The molecule has 0 saturated carbocycles. The van der Waals surface area contributed by atoms with Crippen LogP contribution in [0.1, 0.15) is 182 Å². The Kier molecular flexibility index (Phi) is 32.8. The van der Waals surface area contributed by atoms with Crippen LogP contribution < -0.4 is 0 Å². The van der Waals surface area contributed by atoms with Gasteiger partial charge in [0.1, 0.15) is 0 Å². The van der Waals surface area contributed by atoms with Crippen molar-refractivity contribution in [3.8, 4) is 0 Å². The maximum atomic E-state index is 12.4. The summed E-state index contributed by atoms with van der Waals surface area (Å²) in [5, 5.41) is 0. The third-order valence-corrected chi connectivity index (χ3v) is 8.31. The molecule has 0 saturated heterocycles. The number of carbonyl (C=O) groups is 2. The van der Waals surface area contributed by atoms with Gasteiger partial charge in [0.15, 0.2) is 0 Å². The fourth-order valence-corrected chi connectivity index (χ4v) is 5.52. The van der Waals surface area contributed by atoms with E-state index >= 15 is 0 Å². The molecule has 0 N–H and O–H groups in total. The molecule has 2 unspecified atom stereocenters. The van der Waals surface area contributed by atoms with Gasteiger partial charge in [-0.2, -0.15) is 0 Å². The first-order valence-corrected chi connectivity index (χ1v) is 18.9. The minimum Gasteiger partial charge on any atom is -0.465 e. The minimum atomic E-state index is -0.195. The number of nitrogens with zero attached hydrogens (tertiary/aromatic N) is 2.